The van der Waals surface area contributed by atoms with Gasteiger partial charge in [-0.15, -0.1) is 0 Å². The van der Waals surface area contributed by atoms with Gasteiger partial charge in [0, 0.05) is 30.8 Å². The number of ether oxygens (including phenoxy) is 2. The predicted octanol–water partition coefficient (Wildman–Crippen LogP) is 2.47. The largest absolute Gasteiger partial charge is 0.472 e. The van der Waals surface area contributed by atoms with Crippen molar-refractivity contribution in [1.29, 1.82) is 0 Å². The number of aromatic nitrogens is 2. The molecule has 0 saturated carbocycles. The Kier molecular flexibility index (Phi) is 4.85. The topological polar surface area (TPSA) is 99.4 Å². The van der Waals surface area contributed by atoms with Gasteiger partial charge in [-0.3, -0.25) is 10.1 Å². The van der Waals surface area contributed by atoms with Crippen LogP contribution in [-0.4, -0.2) is 34.2 Å². The van der Waals surface area contributed by atoms with Gasteiger partial charge in [0.15, 0.2) is 0 Å². The van der Waals surface area contributed by atoms with Crippen molar-refractivity contribution in [2.24, 2.45) is 0 Å². The lowest BCUT2D eigenvalue weighted by Crippen LogP contribution is -2.16. The van der Waals surface area contributed by atoms with Crippen LogP contribution in [0.25, 0.3) is 0 Å². The Hall–Kier alpha value is -2.74. The number of nitrogens with zero attached hydrogens (tertiary/aromatic N) is 3. The Morgan fingerprint density at radius 2 is 2.33 bits per heavy atom. The van der Waals surface area contributed by atoms with Crippen molar-refractivity contribution in [3.63, 3.8) is 0 Å². The summed E-state index contributed by atoms with van der Waals surface area (Å²) in [7, 11) is 0. The van der Waals surface area contributed by atoms with Gasteiger partial charge in [0.2, 0.25) is 5.88 Å². The number of rotatable bonds is 6. The molecule has 2 aromatic rings. The highest BCUT2D eigenvalue weighted by molar-refractivity contribution is 5.47. The highest BCUT2D eigenvalue weighted by atomic mass is 16.6. The molecule has 1 aliphatic rings. The molecule has 24 heavy (non-hydrogen) atoms. The molecular weight excluding hydrogens is 312 g/mol. The minimum atomic E-state index is -0.439. The first-order valence-corrected chi connectivity index (χ1v) is 7.66. The molecule has 1 fully saturated rings. The summed E-state index contributed by atoms with van der Waals surface area (Å²) in [5.74, 6) is 1.15. The Morgan fingerprint density at radius 3 is 3.04 bits per heavy atom. The number of anilines is 1. The summed E-state index contributed by atoms with van der Waals surface area (Å²) < 4.78 is 11.1. The Bertz CT molecular complexity index is 732. The number of hydrogen-bond acceptors (Lipinski definition) is 7. The molecule has 0 spiro atoms. The highest BCUT2D eigenvalue weighted by Gasteiger charge is 2.17. The summed E-state index contributed by atoms with van der Waals surface area (Å²) in [5, 5.41) is 14.0. The van der Waals surface area contributed by atoms with Crippen LogP contribution in [0.2, 0.25) is 0 Å². The molecule has 8 heteroatoms. The van der Waals surface area contributed by atoms with E-state index in [9.17, 15) is 10.1 Å². The fourth-order valence-electron chi connectivity index (χ4n) is 2.43. The highest BCUT2D eigenvalue weighted by Crippen LogP contribution is 2.20. The van der Waals surface area contributed by atoms with E-state index in [-0.39, 0.29) is 11.8 Å². The predicted molar refractivity (Wildman–Crippen MR) is 87.0 cm³/mol. The summed E-state index contributed by atoms with van der Waals surface area (Å²) >= 11 is 0. The van der Waals surface area contributed by atoms with Crippen LogP contribution in [0, 0.1) is 17.0 Å². The average Bonchev–Trinajstić information content (AvgIpc) is 3.06. The summed E-state index contributed by atoms with van der Waals surface area (Å²) in [6.07, 6.45) is 3.88. The quantitative estimate of drug-likeness (QED) is 0.641. The first-order chi connectivity index (χ1) is 11.6. The third-order valence-corrected chi connectivity index (χ3v) is 3.73. The summed E-state index contributed by atoms with van der Waals surface area (Å²) in [5.41, 5.74) is 1.56. The van der Waals surface area contributed by atoms with Gasteiger partial charge in [0.25, 0.3) is 5.69 Å². The molecule has 0 amide bonds. The first kappa shape index (κ1) is 16.1. The van der Waals surface area contributed by atoms with Crippen LogP contribution >= 0.6 is 0 Å². The molecule has 1 saturated heterocycles. The number of aryl methyl sites for hydroxylation is 1. The zero-order valence-corrected chi connectivity index (χ0v) is 13.3. The van der Waals surface area contributed by atoms with E-state index in [2.05, 4.69) is 15.3 Å². The van der Waals surface area contributed by atoms with Gasteiger partial charge in [-0.1, -0.05) is 0 Å². The molecular formula is C16H18N4O4. The van der Waals surface area contributed by atoms with E-state index in [1.165, 1.54) is 6.20 Å². The van der Waals surface area contributed by atoms with Crippen LogP contribution in [0.15, 0.2) is 30.6 Å². The first-order valence-electron chi connectivity index (χ1n) is 7.66. The van der Waals surface area contributed by atoms with Gasteiger partial charge < -0.3 is 14.8 Å². The van der Waals surface area contributed by atoms with Gasteiger partial charge in [0.1, 0.15) is 18.1 Å². The maximum Gasteiger partial charge on any atom is 0.290 e. The SMILES string of the molecule is Cc1cc(NCc2ccnc(OC3CCOC3)c2)ncc1[N+](=O)[O-]. The van der Waals surface area contributed by atoms with E-state index in [0.29, 0.717) is 30.4 Å². The van der Waals surface area contributed by atoms with Gasteiger partial charge in [-0.25, -0.2) is 9.97 Å². The van der Waals surface area contributed by atoms with Gasteiger partial charge in [-0.2, -0.15) is 0 Å². The molecule has 1 N–H and O–H groups in total. The fourth-order valence-corrected chi connectivity index (χ4v) is 2.43. The molecule has 2 aromatic heterocycles. The van der Waals surface area contributed by atoms with Gasteiger partial charge >= 0.3 is 0 Å². The molecule has 1 atom stereocenters. The van der Waals surface area contributed by atoms with Crippen LogP contribution in [0.4, 0.5) is 11.5 Å². The Labute approximate surface area is 139 Å². The lowest BCUT2D eigenvalue weighted by atomic mass is 10.2. The van der Waals surface area contributed by atoms with Crippen molar-refractivity contribution in [2.45, 2.75) is 26.0 Å². The maximum absolute atomic E-state index is 10.8. The summed E-state index contributed by atoms with van der Waals surface area (Å²) in [6, 6.07) is 5.40. The molecule has 3 rings (SSSR count). The van der Waals surface area contributed by atoms with Crippen molar-refractivity contribution in [2.75, 3.05) is 18.5 Å². The zero-order chi connectivity index (χ0) is 16.9. The number of pyridine rings is 2. The molecule has 1 aliphatic heterocycles. The Balaban J connectivity index is 1.62. The standard InChI is InChI=1S/C16H18N4O4/c1-11-6-15(19-9-14(11)20(21)22)18-8-12-2-4-17-16(7-12)24-13-3-5-23-10-13/h2,4,6-7,9,13H,3,5,8,10H2,1H3,(H,18,19). The third kappa shape index (κ3) is 3.96. The third-order valence-electron chi connectivity index (χ3n) is 3.73. The minimum Gasteiger partial charge on any atom is -0.472 e. The minimum absolute atomic E-state index is 0.0129. The second-order valence-corrected chi connectivity index (χ2v) is 5.57. The molecule has 0 radical (unpaired) electrons. The van der Waals surface area contributed by atoms with E-state index in [1.807, 2.05) is 12.1 Å². The van der Waals surface area contributed by atoms with Crippen molar-refractivity contribution in [3.05, 3.63) is 51.8 Å². The van der Waals surface area contributed by atoms with E-state index >= 15 is 0 Å². The zero-order valence-electron chi connectivity index (χ0n) is 13.3. The molecule has 3 heterocycles. The molecule has 0 bridgehead atoms. The molecule has 1 unspecified atom stereocenters. The van der Waals surface area contributed by atoms with E-state index in [0.717, 1.165) is 18.6 Å². The molecule has 126 valence electrons. The van der Waals surface area contributed by atoms with Gasteiger partial charge in [-0.05, 0) is 24.6 Å². The molecule has 0 aromatic carbocycles. The van der Waals surface area contributed by atoms with Crippen LogP contribution < -0.4 is 10.1 Å². The lowest BCUT2D eigenvalue weighted by molar-refractivity contribution is -0.385. The fraction of sp³-hybridized carbons (Fsp3) is 0.375. The van der Waals surface area contributed by atoms with Crippen LogP contribution in [0.1, 0.15) is 17.5 Å². The van der Waals surface area contributed by atoms with Crippen molar-refractivity contribution >= 4 is 11.5 Å². The maximum atomic E-state index is 10.8. The van der Waals surface area contributed by atoms with E-state index in [1.54, 1.807) is 19.2 Å². The summed E-state index contributed by atoms with van der Waals surface area (Å²) in [6.45, 7) is 3.52. The number of hydrogen-bond donors (Lipinski definition) is 1. The second kappa shape index (κ2) is 7.22. The summed E-state index contributed by atoms with van der Waals surface area (Å²) in [4.78, 5) is 18.6. The van der Waals surface area contributed by atoms with Crippen molar-refractivity contribution < 1.29 is 14.4 Å². The van der Waals surface area contributed by atoms with Crippen LogP contribution in [0.5, 0.6) is 5.88 Å². The smallest absolute Gasteiger partial charge is 0.290 e. The van der Waals surface area contributed by atoms with E-state index < -0.39 is 4.92 Å². The van der Waals surface area contributed by atoms with Crippen LogP contribution in [-0.2, 0) is 11.3 Å². The normalized spacial score (nSPS) is 16.8. The monoisotopic (exact) mass is 330 g/mol. The van der Waals surface area contributed by atoms with Crippen molar-refractivity contribution in [1.82, 2.24) is 9.97 Å². The van der Waals surface area contributed by atoms with Gasteiger partial charge in [0.05, 0.1) is 18.1 Å². The van der Waals surface area contributed by atoms with E-state index in [4.69, 9.17) is 9.47 Å². The average molecular weight is 330 g/mol. The Morgan fingerprint density at radius 1 is 1.46 bits per heavy atom. The second-order valence-electron chi connectivity index (χ2n) is 5.57. The number of nitro groups is 1. The molecule has 8 nitrogen and oxygen atoms in total. The van der Waals surface area contributed by atoms with Crippen LogP contribution in [0.3, 0.4) is 0 Å². The molecule has 0 aliphatic carbocycles. The lowest BCUT2D eigenvalue weighted by Gasteiger charge is -2.12. The number of nitrogens with one attached hydrogen (secondary N) is 1. The van der Waals surface area contributed by atoms with Crippen molar-refractivity contribution in [3.8, 4) is 5.88 Å².